The van der Waals surface area contributed by atoms with E-state index < -0.39 is 18.1 Å². The molecule has 0 saturated carbocycles. The SMILES string of the molecule is CCC(NCC(O)COc1ccc(N(C)C(C)=O)cc1)C(=O)O. The van der Waals surface area contributed by atoms with Crippen LogP contribution >= 0.6 is 0 Å². The Morgan fingerprint density at radius 3 is 2.39 bits per heavy atom. The van der Waals surface area contributed by atoms with Crippen LogP contribution in [0.3, 0.4) is 0 Å². The Morgan fingerprint density at radius 1 is 1.30 bits per heavy atom. The molecule has 1 rings (SSSR count). The molecule has 1 aromatic rings. The van der Waals surface area contributed by atoms with Crippen LogP contribution in [0.4, 0.5) is 5.69 Å². The van der Waals surface area contributed by atoms with Crippen LogP contribution in [0.2, 0.25) is 0 Å². The Balaban J connectivity index is 2.42. The van der Waals surface area contributed by atoms with Crippen molar-refractivity contribution in [1.29, 1.82) is 0 Å². The predicted molar refractivity (Wildman–Crippen MR) is 86.7 cm³/mol. The van der Waals surface area contributed by atoms with Crippen molar-refractivity contribution < 1.29 is 24.5 Å². The summed E-state index contributed by atoms with van der Waals surface area (Å²) >= 11 is 0. The van der Waals surface area contributed by atoms with E-state index >= 15 is 0 Å². The molecule has 1 amide bonds. The number of carbonyl (C=O) groups is 2. The maximum Gasteiger partial charge on any atom is 0.320 e. The number of amides is 1. The number of carboxylic acid groups (broad SMARTS) is 1. The zero-order valence-corrected chi connectivity index (χ0v) is 13.7. The molecule has 0 radical (unpaired) electrons. The number of anilines is 1. The molecule has 3 N–H and O–H groups in total. The number of hydrogen-bond donors (Lipinski definition) is 3. The van der Waals surface area contributed by atoms with Crippen LogP contribution in [0.1, 0.15) is 20.3 Å². The van der Waals surface area contributed by atoms with Gasteiger partial charge in [0, 0.05) is 26.2 Å². The third-order valence-electron chi connectivity index (χ3n) is 3.44. The summed E-state index contributed by atoms with van der Waals surface area (Å²) in [6.45, 7) is 3.42. The van der Waals surface area contributed by atoms with E-state index in [9.17, 15) is 14.7 Å². The minimum Gasteiger partial charge on any atom is -0.491 e. The highest BCUT2D eigenvalue weighted by atomic mass is 16.5. The molecule has 128 valence electrons. The van der Waals surface area contributed by atoms with Crippen LogP contribution in [-0.4, -0.2) is 54.4 Å². The van der Waals surface area contributed by atoms with Gasteiger partial charge in [-0.1, -0.05) is 6.92 Å². The van der Waals surface area contributed by atoms with Gasteiger partial charge in [-0.25, -0.2) is 0 Å². The van der Waals surface area contributed by atoms with Gasteiger partial charge in [0.15, 0.2) is 0 Å². The second-order valence-electron chi connectivity index (χ2n) is 5.24. The molecule has 0 saturated heterocycles. The topological polar surface area (TPSA) is 99.1 Å². The average Bonchev–Trinajstić information content (AvgIpc) is 2.52. The molecule has 0 aliphatic rings. The molecule has 2 unspecified atom stereocenters. The standard InChI is InChI=1S/C16H24N2O5/c1-4-15(16(21)22)17-9-13(20)10-23-14-7-5-12(6-8-14)18(3)11(2)19/h5-8,13,15,17,20H,4,9-10H2,1-3H3,(H,21,22). The lowest BCUT2D eigenvalue weighted by atomic mass is 10.2. The number of nitrogens with zero attached hydrogens (tertiary/aromatic N) is 1. The first kappa shape index (κ1) is 18.9. The number of nitrogens with one attached hydrogen (secondary N) is 1. The number of hydrogen-bond acceptors (Lipinski definition) is 5. The summed E-state index contributed by atoms with van der Waals surface area (Å²) < 4.78 is 5.45. The van der Waals surface area contributed by atoms with Crippen LogP contribution in [0, 0.1) is 0 Å². The Morgan fingerprint density at radius 2 is 1.91 bits per heavy atom. The molecular weight excluding hydrogens is 300 g/mol. The van der Waals surface area contributed by atoms with Gasteiger partial charge in [-0.3, -0.25) is 9.59 Å². The quantitative estimate of drug-likeness (QED) is 0.623. The highest BCUT2D eigenvalue weighted by molar-refractivity contribution is 5.90. The van der Waals surface area contributed by atoms with E-state index in [0.717, 1.165) is 5.69 Å². The van der Waals surface area contributed by atoms with E-state index in [4.69, 9.17) is 9.84 Å². The number of ether oxygens (including phenoxy) is 1. The number of aliphatic carboxylic acids is 1. The highest BCUT2D eigenvalue weighted by Gasteiger charge is 2.16. The highest BCUT2D eigenvalue weighted by Crippen LogP contribution is 2.18. The minimum atomic E-state index is -0.939. The smallest absolute Gasteiger partial charge is 0.320 e. The third-order valence-corrected chi connectivity index (χ3v) is 3.44. The molecule has 0 fully saturated rings. The van der Waals surface area contributed by atoms with E-state index in [-0.39, 0.29) is 19.1 Å². The van der Waals surface area contributed by atoms with Crippen LogP contribution in [-0.2, 0) is 9.59 Å². The number of aliphatic hydroxyl groups excluding tert-OH is 1. The summed E-state index contributed by atoms with van der Waals surface area (Å²) in [7, 11) is 1.68. The van der Waals surface area contributed by atoms with Crippen LogP contribution in [0.25, 0.3) is 0 Å². The van der Waals surface area contributed by atoms with Gasteiger partial charge in [0.1, 0.15) is 24.5 Å². The summed E-state index contributed by atoms with van der Waals surface area (Å²) in [5.41, 5.74) is 0.749. The van der Waals surface area contributed by atoms with Crippen molar-refractivity contribution in [2.45, 2.75) is 32.4 Å². The number of benzene rings is 1. The second-order valence-corrected chi connectivity index (χ2v) is 5.24. The van der Waals surface area contributed by atoms with Crippen LogP contribution in [0.5, 0.6) is 5.75 Å². The fourth-order valence-corrected chi connectivity index (χ4v) is 1.88. The van der Waals surface area contributed by atoms with Gasteiger partial charge in [0.25, 0.3) is 0 Å². The van der Waals surface area contributed by atoms with E-state index in [1.165, 1.54) is 11.8 Å². The zero-order chi connectivity index (χ0) is 17.4. The Kier molecular flexibility index (Phi) is 7.50. The molecule has 23 heavy (non-hydrogen) atoms. The predicted octanol–water partition coefficient (Wildman–Crippen LogP) is 0.862. The van der Waals surface area contributed by atoms with Gasteiger partial charge >= 0.3 is 5.97 Å². The van der Waals surface area contributed by atoms with Crippen molar-refractivity contribution in [3.63, 3.8) is 0 Å². The van der Waals surface area contributed by atoms with E-state index in [1.807, 2.05) is 0 Å². The van der Waals surface area contributed by atoms with Crippen molar-refractivity contribution in [3.05, 3.63) is 24.3 Å². The summed E-state index contributed by atoms with van der Waals surface area (Å²) in [6.07, 6.45) is -0.378. The zero-order valence-electron chi connectivity index (χ0n) is 13.7. The van der Waals surface area contributed by atoms with Crippen molar-refractivity contribution in [3.8, 4) is 5.75 Å². The van der Waals surface area contributed by atoms with Gasteiger partial charge < -0.3 is 25.2 Å². The maximum absolute atomic E-state index is 11.3. The fraction of sp³-hybridized carbons (Fsp3) is 0.500. The van der Waals surface area contributed by atoms with Crippen LogP contribution < -0.4 is 15.0 Å². The number of carboxylic acids is 1. The largest absolute Gasteiger partial charge is 0.491 e. The number of rotatable bonds is 9. The van der Waals surface area contributed by atoms with Crippen molar-refractivity contribution in [2.24, 2.45) is 0 Å². The molecule has 0 aliphatic carbocycles. The van der Waals surface area contributed by atoms with Crippen molar-refractivity contribution >= 4 is 17.6 Å². The summed E-state index contributed by atoms with van der Waals surface area (Å²) in [5.74, 6) is -0.440. The van der Waals surface area contributed by atoms with Gasteiger partial charge in [-0.15, -0.1) is 0 Å². The fourth-order valence-electron chi connectivity index (χ4n) is 1.88. The molecule has 2 atom stereocenters. The lowest BCUT2D eigenvalue weighted by molar-refractivity contribution is -0.139. The van der Waals surface area contributed by atoms with Crippen molar-refractivity contribution in [2.75, 3.05) is 25.1 Å². The monoisotopic (exact) mass is 324 g/mol. The average molecular weight is 324 g/mol. The van der Waals surface area contributed by atoms with E-state index in [2.05, 4.69) is 5.32 Å². The molecule has 7 heteroatoms. The molecule has 0 aliphatic heterocycles. The second kappa shape index (κ2) is 9.12. The minimum absolute atomic E-state index is 0.0466. The van der Waals surface area contributed by atoms with Crippen molar-refractivity contribution in [1.82, 2.24) is 5.32 Å². The summed E-state index contributed by atoms with van der Waals surface area (Å²) in [5, 5.41) is 21.5. The third kappa shape index (κ3) is 6.25. The van der Waals surface area contributed by atoms with E-state index in [0.29, 0.717) is 12.2 Å². The Labute approximate surface area is 135 Å². The van der Waals surface area contributed by atoms with Crippen LogP contribution in [0.15, 0.2) is 24.3 Å². The molecular formula is C16H24N2O5. The van der Waals surface area contributed by atoms with Gasteiger partial charge in [-0.05, 0) is 30.7 Å². The first-order chi connectivity index (χ1) is 10.8. The summed E-state index contributed by atoms with van der Waals surface area (Å²) in [6, 6.07) is 6.24. The lowest BCUT2D eigenvalue weighted by Crippen LogP contribution is -2.42. The molecule has 0 aromatic heterocycles. The molecule has 1 aromatic carbocycles. The number of carbonyl (C=O) groups excluding carboxylic acids is 1. The number of aliphatic hydroxyl groups is 1. The first-order valence-corrected chi connectivity index (χ1v) is 7.46. The maximum atomic E-state index is 11.3. The Hall–Kier alpha value is -2.12. The Bertz CT molecular complexity index is 518. The van der Waals surface area contributed by atoms with Gasteiger partial charge in [0.2, 0.25) is 5.91 Å². The first-order valence-electron chi connectivity index (χ1n) is 7.46. The molecule has 7 nitrogen and oxygen atoms in total. The summed E-state index contributed by atoms with van der Waals surface area (Å²) in [4.78, 5) is 23.6. The molecule has 0 heterocycles. The van der Waals surface area contributed by atoms with E-state index in [1.54, 1.807) is 38.2 Å². The normalized spacial score (nSPS) is 13.2. The lowest BCUT2D eigenvalue weighted by Gasteiger charge is -2.18. The van der Waals surface area contributed by atoms with Gasteiger partial charge in [0.05, 0.1) is 0 Å². The molecule has 0 bridgehead atoms. The molecule has 0 spiro atoms. The van der Waals surface area contributed by atoms with Gasteiger partial charge in [-0.2, -0.15) is 0 Å².